The van der Waals surface area contributed by atoms with Gasteiger partial charge in [-0.3, -0.25) is 4.79 Å². The Hall–Kier alpha value is -2.11. The molecule has 2 aromatic heterocycles. The lowest BCUT2D eigenvalue weighted by Gasteiger charge is -2.19. The fraction of sp³-hybridized carbons (Fsp3) is 0.741. The van der Waals surface area contributed by atoms with Crippen LogP contribution in [0.4, 0.5) is 0 Å². The molecule has 186 valence electrons. The molecule has 2 heterocycles. The summed E-state index contributed by atoms with van der Waals surface area (Å²) in [5.74, 6) is -0.102. The van der Waals surface area contributed by atoms with Crippen LogP contribution in [0.2, 0.25) is 0 Å². The molecule has 33 heavy (non-hydrogen) atoms. The second-order valence-electron chi connectivity index (χ2n) is 9.33. The minimum absolute atomic E-state index is 0.102. The normalized spacial score (nSPS) is 11.3. The van der Waals surface area contributed by atoms with Crippen LogP contribution in [0.15, 0.2) is 37.4 Å². The Morgan fingerprint density at radius 2 is 1.12 bits per heavy atom. The lowest BCUT2D eigenvalue weighted by molar-refractivity contribution is -0.150. The highest BCUT2D eigenvalue weighted by molar-refractivity contribution is 5.69. The molecular weight excluding hydrogens is 412 g/mol. The average molecular weight is 459 g/mol. The van der Waals surface area contributed by atoms with Crippen LogP contribution in [0, 0.1) is 0 Å². The second kappa shape index (κ2) is 18.3. The van der Waals surface area contributed by atoms with Gasteiger partial charge in [0.05, 0.1) is 25.7 Å². The molecule has 0 aliphatic heterocycles. The number of rotatable bonds is 21. The zero-order valence-corrected chi connectivity index (χ0v) is 20.9. The fourth-order valence-electron chi connectivity index (χ4n) is 4.28. The predicted octanol–water partition coefficient (Wildman–Crippen LogP) is 6.95. The van der Waals surface area contributed by atoms with Gasteiger partial charge in [-0.25, -0.2) is 9.97 Å². The zero-order chi connectivity index (χ0) is 23.4. The summed E-state index contributed by atoms with van der Waals surface area (Å²) in [6, 6.07) is 0. The molecule has 2 rings (SSSR count). The summed E-state index contributed by atoms with van der Waals surface area (Å²) in [7, 11) is 0. The van der Waals surface area contributed by atoms with Crippen LogP contribution < -0.4 is 0 Å². The van der Waals surface area contributed by atoms with Gasteiger partial charge in [0.15, 0.2) is 0 Å². The van der Waals surface area contributed by atoms with Gasteiger partial charge in [-0.15, -0.1) is 0 Å². The van der Waals surface area contributed by atoms with E-state index in [-0.39, 0.29) is 12.1 Å². The molecule has 0 amide bonds. The second-order valence-corrected chi connectivity index (χ2v) is 9.33. The van der Waals surface area contributed by atoms with E-state index >= 15 is 0 Å². The molecule has 6 heteroatoms. The lowest BCUT2D eigenvalue weighted by Crippen LogP contribution is -2.27. The number of nitrogens with zero attached hydrogens (tertiary/aromatic N) is 4. The summed E-state index contributed by atoms with van der Waals surface area (Å²) in [5, 5.41) is 0. The summed E-state index contributed by atoms with van der Waals surface area (Å²) in [6.07, 6.45) is 30.9. The van der Waals surface area contributed by atoms with Crippen molar-refractivity contribution in [2.45, 2.75) is 129 Å². The van der Waals surface area contributed by atoms with E-state index in [0.29, 0.717) is 19.5 Å². The van der Waals surface area contributed by atoms with Crippen molar-refractivity contribution in [3.05, 3.63) is 37.4 Å². The monoisotopic (exact) mass is 458 g/mol. The van der Waals surface area contributed by atoms with E-state index in [1.165, 1.54) is 83.5 Å². The van der Waals surface area contributed by atoms with E-state index in [4.69, 9.17) is 4.74 Å². The Balaban J connectivity index is 1.44. The van der Waals surface area contributed by atoms with Crippen molar-refractivity contribution >= 4 is 5.97 Å². The number of imidazole rings is 2. The van der Waals surface area contributed by atoms with Gasteiger partial charge < -0.3 is 13.9 Å². The smallest absolute Gasteiger partial charge is 0.306 e. The molecule has 0 radical (unpaired) electrons. The van der Waals surface area contributed by atoms with Crippen molar-refractivity contribution in [1.82, 2.24) is 19.1 Å². The Morgan fingerprint density at radius 3 is 1.52 bits per heavy atom. The van der Waals surface area contributed by atoms with Gasteiger partial charge in [-0.2, -0.15) is 0 Å². The van der Waals surface area contributed by atoms with Crippen molar-refractivity contribution in [3.63, 3.8) is 0 Å². The third-order valence-corrected chi connectivity index (χ3v) is 6.23. The molecule has 2 aromatic rings. The van der Waals surface area contributed by atoms with Crippen LogP contribution in [0.3, 0.4) is 0 Å². The van der Waals surface area contributed by atoms with Crippen molar-refractivity contribution < 1.29 is 9.53 Å². The molecule has 0 aliphatic carbocycles. The quantitative estimate of drug-likeness (QED) is 0.150. The molecule has 6 nitrogen and oxygen atoms in total. The van der Waals surface area contributed by atoms with Gasteiger partial charge in [0.1, 0.15) is 6.10 Å². The van der Waals surface area contributed by atoms with Gasteiger partial charge in [-0.05, 0) is 6.42 Å². The van der Waals surface area contributed by atoms with Crippen LogP contribution in [-0.4, -0.2) is 31.2 Å². The largest absolute Gasteiger partial charge is 0.459 e. The maximum atomic E-state index is 12.4. The first-order valence-corrected chi connectivity index (χ1v) is 13.4. The summed E-state index contributed by atoms with van der Waals surface area (Å²) in [6.45, 7) is 3.48. The minimum atomic E-state index is -0.225. The van der Waals surface area contributed by atoms with E-state index in [2.05, 4.69) is 16.9 Å². The predicted molar refractivity (Wildman–Crippen MR) is 134 cm³/mol. The Morgan fingerprint density at radius 1 is 0.697 bits per heavy atom. The molecule has 0 N–H and O–H groups in total. The van der Waals surface area contributed by atoms with Gasteiger partial charge in [0.25, 0.3) is 0 Å². The third kappa shape index (κ3) is 13.9. The highest BCUT2D eigenvalue weighted by Gasteiger charge is 2.16. The van der Waals surface area contributed by atoms with Gasteiger partial charge in [0, 0.05) is 31.2 Å². The summed E-state index contributed by atoms with van der Waals surface area (Å²) in [4.78, 5) is 20.5. The van der Waals surface area contributed by atoms with E-state index in [1.54, 1.807) is 25.0 Å². The van der Waals surface area contributed by atoms with E-state index in [1.807, 2.05) is 21.5 Å². The van der Waals surface area contributed by atoms with Crippen molar-refractivity contribution in [1.29, 1.82) is 0 Å². The van der Waals surface area contributed by atoms with Gasteiger partial charge in [-0.1, -0.05) is 96.8 Å². The molecule has 0 bridgehead atoms. The SMILES string of the molecule is CCCCCCCCCCCCCCCCCC(=O)OC(Cn1ccnc1)Cn1ccnc1. The summed E-state index contributed by atoms with van der Waals surface area (Å²) in [5.41, 5.74) is 0. The number of hydrogen-bond acceptors (Lipinski definition) is 4. The minimum Gasteiger partial charge on any atom is -0.459 e. The molecular formula is C27H46N4O2. The van der Waals surface area contributed by atoms with E-state index < -0.39 is 0 Å². The average Bonchev–Trinajstić information content (AvgIpc) is 3.51. The molecule has 0 saturated carbocycles. The maximum Gasteiger partial charge on any atom is 0.306 e. The topological polar surface area (TPSA) is 61.9 Å². The van der Waals surface area contributed by atoms with Crippen molar-refractivity contribution in [2.75, 3.05) is 0 Å². The molecule has 0 spiro atoms. The van der Waals surface area contributed by atoms with Crippen LogP contribution >= 0.6 is 0 Å². The van der Waals surface area contributed by atoms with Crippen LogP contribution in [0.1, 0.15) is 110 Å². The summed E-state index contributed by atoms with van der Waals surface area (Å²) >= 11 is 0. The highest BCUT2D eigenvalue weighted by Crippen LogP contribution is 2.14. The highest BCUT2D eigenvalue weighted by atomic mass is 16.5. The maximum absolute atomic E-state index is 12.4. The number of ether oxygens (including phenoxy) is 1. The lowest BCUT2D eigenvalue weighted by atomic mass is 10.0. The first kappa shape index (κ1) is 27.1. The fourth-order valence-corrected chi connectivity index (χ4v) is 4.28. The molecule has 0 unspecified atom stereocenters. The number of carbonyl (C=O) groups is 1. The molecule has 0 atom stereocenters. The Bertz CT molecular complexity index is 649. The van der Waals surface area contributed by atoms with E-state index in [9.17, 15) is 4.79 Å². The Labute approximate surface area is 201 Å². The van der Waals surface area contributed by atoms with Crippen molar-refractivity contribution in [3.8, 4) is 0 Å². The molecule has 0 aromatic carbocycles. The number of unbranched alkanes of at least 4 members (excludes halogenated alkanes) is 14. The van der Waals surface area contributed by atoms with Crippen LogP contribution in [0.5, 0.6) is 0 Å². The third-order valence-electron chi connectivity index (χ3n) is 6.23. The molecule has 0 aliphatic rings. The van der Waals surface area contributed by atoms with Gasteiger partial charge in [0.2, 0.25) is 0 Å². The number of carbonyl (C=O) groups excluding carboxylic acids is 1. The molecule has 0 fully saturated rings. The van der Waals surface area contributed by atoms with Crippen molar-refractivity contribution in [2.24, 2.45) is 0 Å². The number of esters is 1. The Kier molecular flexibility index (Phi) is 15.1. The first-order valence-electron chi connectivity index (χ1n) is 13.4. The first-order chi connectivity index (χ1) is 16.3. The van der Waals surface area contributed by atoms with Crippen LogP contribution in [-0.2, 0) is 22.6 Å². The summed E-state index contributed by atoms with van der Waals surface area (Å²) < 4.78 is 9.67. The molecule has 0 saturated heterocycles. The number of hydrogen-bond donors (Lipinski definition) is 0. The standard InChI is InChI=1S/C27H46N4O2/c1-2-3-4-5-6-7-8-9-10-11-12-13-14-15-16-17-27(32)33-26(22-30-20-18-28-24-30)23-31-21-19-29-25-31/h18-21,24-26H,2-17,22-23H2,1H3. The zero-order valence-electron chi connectivity index (χ0n) is 20.9. The van der Waals surface area contributed by atoms with Gasteiger partial charge >= 0.3 is 5.97 Å². The van der Waals surface area contributed by atoms with E-state index in [0.717, 1.165) is 12.8 Å². The van der Waals surface area contributed by atoms with Crippen LogP contribution in [0.25, 0.3) is 0 Å². The number of aromatic nitrogens is 4.